The fourth-order valence-corrected chi connectivity index (χ4v) is 3.97. The monoisotopic (exact) mass is 301 g/mol. The molecule has 0 aliphatic heterocycles. The van der Waals surface area contributed by atoms with Crippen LogP contribution >= 0.6 is 11.3 Å². The summed E-state index contributed by atoms with van der Waals surface area (Å²) >= 11 is 1.73. The molecule has 0 bridgehead atoms. The normalized spacial score (nSPS) is 11.6. The van der Waals surface area contributed by atoms with Crippen LogP contribution in [0, 0.1) is 0 Å². The van der Waals surface area contributed by atoms with Crippen LogP contribution in [0.5, 0.6) is 0 Å². The first-order chi connectivity index (χ1) is 10.9. The summed E-state index contributed by atoms with van der Waals surface area (Å²) in [7, 11) is 0. The first-order valence-corrected chi connectivity index (χ1v) is 8.02. The largest absolute Gasteiger partial charge is 0.455 e. The average Bonchev–Trinajstić information content (AvgIpc) is 3.16. The second-order valence-electron chi connectivity index (χ2n) is 5.28. The zero-order valence-corrected chi connectivity index (χ0v) is 12.4. The summed E-state index contributed by atoms with van der Waals surface area (Å²) in [6.45, 7) is 0. The van der Waals surface area contributed by atoms with Crippen LogP contribution in [0.1, 0.15) is 0 Å². The van der Waals surface area contributed by atoms with Crippen molar-refractivity contribution >= 4 is 43.4 Å². The predicted octanol–water partition coefficient (Wildman–Crippen LogP) is 5.86. The molecule has 0 aliphatic rings. The maximum atomic E-state index is 6.17. The van der Waals surface area contributed by atoms with Crippen molar-refractivity contribution in [2.45, 2.75) is 0 Å². The van der Waals surface area contributed by atoms with Crippen LogP contribution in [-0.4, -0.2) is 4.98 Å². The molecule has 5 aromatic rings. The van der Waals surface area contributed by atoms with Crippen LogP contribution in [0.2, 0.25) is 0 Å². The fourth-order valence-electron chi connectivity index (χ4n) is 3.02. The number of furan rings is 1. The Kier molecular flexibility index (Phi) is 2.40. The third-order valence-corrected chi connectivity index (χ3v) is 4.97. The van der Waals surface area contributed by atoms with Crippen molar-refractivity contribution in [1.29, 1.82) is 0 Å². The Morgan fingerprint density at radius 1 is 0.864 bits per heavy atom. The minimum Gasteiger partial charge on any atom is -0.455 e. The maximum absolute atomic E-state index is 6.17. The molecule has 22 heavy (non-hydrogen) atoms. The number of benzene rings is 2. The van der Waals surface area contributed by atoms with E-state index >= 15 is 0 Å². The van der Waals surface area contributed by atoms with Crippen molar-refractivity contribution in [1.82, 2.24) is 4.98 Å². The van der Waals surface area contributed by atoms with Gasteiger partial charge in [-0.15, -0.1) is 11.3 Å². The van der Waals surface area contributed by atoms with Crippen LogP contribution in [0.25, 0.3) is 43.3 Å². The van der Waals surface area contributed by atoms with Crippen molar-refractivity contribution < 1.29 is 4.42 Å². The van der Waals surface area contributed by atoms with Crippen molar-refractivity contribution in [3.05, 3.63) is 66.2 Å². The molecule has 5 rings (SSSR count). The van der Waals surface area contributed by atoms with Crippen molar-refractivity contribution in [3.8, 4) is 11.3 Å². The molecule has 2 nitrogen and oxygen atoms in total. The molecular formula is C19H11NOS. The van der Waals surface area contributed by atoms with E-state index < -0.39 is 0 Å². The first-order valence-electron chi connectivity index (χ1n) is 7.15. The van der Waals surface area contributed by atoms with Gasteiger partial charge in [0, 0.05) is 38.0 Å². The number of hydrogen-bond donors (Lipinski definition) is 0. The van der Waals surface area contributed by atoms with Crippen molar-refractivity contribution in [2.75, 3.05) is 0 Å². The molecule has 0 unspecified atom stereocenters. The minimum absolute atomic E-state index is 0.933. The molecule has 3 heterocycles. The van der Waals surface area contributed by atoms with Crippen molar-refractivity contribution in [3.63, 3.8) is 0 Å². The molecule has 0 atom stereocenters. The second kappa shape index (κ2) is 4.42. The van der Waals surface area contributed by atoms with Crippen LogP contribution < -0.4 is 0 Å². The van der Waals surface area contributed by atoms with Gasteiger partial charge in [0.15, 0.2) is 0 Å². The highest BCUT2D eigenvalue weighted by Crippen LogP contribution is 2.41. The standard InChI is InChI=1S/C19H11NOS/c1-2-7-16-12(5-1)13-8-9-17-18(19(13)21-16)14(11-22-17)15-6-3-4-10-20-15/h1-11H. The van der Waals surface area contributed by atoms with Gasteiger partial charge in [0.05, 0.1) is 5.69 Å². The number of aromatic nitrogens is 1. The molecule has 0 radical (unpaired) electrons. The van der Waals surface area contributed by atoms with Gasteiger partial charge < -0.3 is 4.42 Å². The quantitative estimate of drug-likeness (QED) is 0.387. The maximum Gasteiger partial charge on any atom is 0.144 e. The molecular weight excluding hydrogens is 290 g/mol. The van der Waals surface area contributed by atoms with E-state index in [2.05, 4.69) is 34.6 Å². The molecule has 3 aromatic heterocycles. The summed E-state index contributed by atoms with van der Waals surface area (Å²) in [5, 5.41) is 5.66. The van der Waals surface area contributed by atoms with E-state index in [1.54, 1.807) is 11.3 Å². The molecule has 2 aromatic carbocycles. The Labute approximate surface area is 130 Å². The van der Waals surface area contributed by atoms with E-state index in [0.717, 1.165) is 33.2 Å². The van der Waals surface area contributed by atoms with E-state index in [0.29, 0.717) is 0 Å². The minimum atomic E-state index is 0.933. The Hall–Kier alpha value is -2.65. The summed E-state index contributed by atoms with van der Waals surface area (Å²) in [6.07, 6.45) is 1.83. The van der Waals surface area contributed by atoms with E-state index in [1.807, 2.05) is 36.5 Å². The lowest BCUT2D eigenvalue weighted by atomic mass is 10.1. The topological polar surface area (TPSA) is 26.0 Å². The highest BCUT2D eigenvalue weighted by molar-refractivity contribution is 7.18. The van der Waals surface area contributed by atoms with Gasteiger partial charge in [0.1, 0.15) is 11.2 Å². The Bertz CT molecular complexity index is 1120. The second-order valence-corrected chi connectivity index (χ2v) is 6.19. The number of para-hydroxylation sites is 1. The molecule has 0 aliphatic carbocycles. The zero-order chi connectivity index (χ0) is 14.5. The third-order valence-electron chi connectivity index (χ3n) is 4.02. The first kappa shape index (κ1) is 12.0. The van der Waals surface area contributed by atoms with E-state index in [-0.39, 0.29) is 0 Å². The Morgan fingerprint density at radius 3 is 2.68 bits per heavy atom. The number of nitrogens with zero attached hydrogens (tertiary/aromatic N) is 1. The predicted molar refractivity (Wildman–Crippen MR) is 92.3 cm³/mol. The number of fused-ring (bicyclic) bond motifs is 5. The van der Waals surface area contributed by atoms with Gasteiger partial charge in [0.2, 0.25) is 0 Å². The molecule has 0 saturated heterocycles. The summed E-state index contributed by atoms with van der Waals surface area (Å²) in [4.78, 5) is 4.50. The van der Waals surface area contributed by atoms with Gasteiger partial charge in [-0.25, -0.2) is 0 Å². The average molecular weight is 301 g/mol. The van der Waals surface area contributed by atoms with Crippen LogP contribution in [0.4, 0.5) is 0 Å². The third kappa shape index (κ3) is 1.57. The molecule has 0 amide bonds. The smallest absolute Gasteiger partial charge is 0.144 e. The van der Waals surface area contributed by atoms with Gasteiger partial charge >= 0.3 is 0 Å². The van der Waals surface area contributed by atoms with Crippen LogP contribution in [0.15, 0.2) is 70.6 Å². The van der Waals surface area contributed by atoms with E-state index in [1.165, 1.54) is 10.1 Å². The van der Waals surface area contributed by atoms with E-state index in [9.17, 15) is 0 Å². The molecule has 104 valence electrons. The fraction of sp³-hybridized carbons (Fsp3) is 0. The molecule has 3 heteroatoms. The number of rotatable bonds is 1. The number of thiophene rings is 1. The van der Waals surface area contributed by atoms with Gasteiger partial charge in [-0.1, -0.05) is 24.3 Å². The van der Waals surface area contributed by atoms with Gasteiger partial charge in [-0.3, -0.25) is 4.98 Å². The van der Waals surface area contributed by atoms with Crippen molar-refractivity contribution in [2.24, 2.45) is 0 Å². The Balaban J connectivity index is 1.97. The highest BCUT2D eigenvalue weighted by Gasteiger charge is 2.15. The molecule has 0 N–H and O–H groups in total. The number of hydrogen-bond acceptors (Lipinski definition) is 3. The summed E-state index contributed by atoms with van der Waals surface area (Å²) in [5.41, 5.74) is 4.02. The summed E-state index contributed by atoms with van der Waals surface area (Å²) in [5.74, 6) is 0. The summed E-state index contributed by atoms with van der Waals surface area (Å²) in [6, 6.07) is 18.5. The zero-order valence-electron chi connectivity index (χ0n) is 11.6. The number of pyridine rings is 1. The van der Waals surface area contributed by atoms with E-state index in [4.69, 9.17) is 4.42 Å². The lowest BCUT2D eigenvalue weighted by Gasteiger charge is -1.99. The lowest BCUT2D eigenvalue weighted by molar-refractivity contribution is 0.673. The van der Waals surface area contributed by atoms with Gasteiger partial charge in [-0.2, -0.15) is 0 Å². The molecule has 0 fully saturated rings. The van der Waals surface area contributed by atoms with Crippen LogP contribution in [0.3, 0.4) is 0 Å². The lowest BCUT2D eigenvalue weighted by Crippen LogP contribution is -1.80. The molecule has 0 saturated carbocycles. The van der Waals surface area contributed by atoms with Crippen LogP contribution in [-0.2, 0) is 0 Å². The Morgan fingerprint density at radius 2 is 1.77 bits per heavy atom. The SMILES string of the molecule is c1ccc(-c2csc3ccc4c5ccccc5oc4c23)nc1. The highest BCUT2D eigenvalue weighted by atomic mass is 32.1. The summed E-state index contributed by atoms with van der Waals surface area (Å²) < 4.78 is 7.39. The molecule has 0 spiro atoms. The van der Waals surface area contributed by atoms with Gasteiger partial charge in [0.25, 0.3) is 0 Å². The van der Waals surface area contributed by atoms with Gasteiger partial charge in [-0.05, 0) is 30.3 Å².